The van der Waals surface area contributed by atoms with Crippen LogP contribution in [0.2, 0.25) is 0 Å². The number of anilines is 1. The lowest BCUT2D eigenvalue weighted by atomic mass is 10.1. The van der Waals surface area contributed by atoms with Crippen molar-refractivity contribution in [2.24, 2.45) is 0 Å². The molecule has 136 valence electrons. The van der Waals surface area contributed by atoms with E-state index in [4.69, 9.17) is 4.74 Å². The average Bonchev–Trinajstić information content (AvgIpc) is 2.67. The second kappa shape index (κ2) is 7.92. The molecule has 1 saturated heterocycles. The standard InChI is InChI=1S/C18H18FN3O4/c19-15-6-2-1-4-13(15)12-20-18(23)14-5-3-7-16(22(24)25)17(14)21-8-10-26-11-9-21/h1-7H,8-12H2,(H,20,23). The molecule has 7 nitrogen and oxygen atoms in total. The van der Waals surface area contributed by atoms with E-state index in [0.717, 1.165) is 0 Å². The van der Waals surface area contributed by atoms with Gasteiger partial charge in [0.1, 0.15) is 11.5 Å². The van der Waals surface area contributed by atoms with Crippen LogP contribution in [-0.4, -0.2) is 37.1 Å². The number of hydrogen-bond donors (Lipinski definition) is 1. The molecule has 2 aromatic rings. The van der Waals surface area contributed by atoms with E-state index in [9.17, 15) is 19.3 Å². The Balaban J connectivity index is 1.88. The molecule has 3 rings (SSSR count). The third-order valence-electron chi connectivity index (χ3n) is 4.18. The smallest absolute Gasteiger partial charge is 0.293 e. The van der Waals surface area contributed by atoms with Gasteiger partial charge >= 0.3 is 0 Å². The number of rotatable bonds is 5. The molecule has 1 amide bonds. The Morgan fingerprint density at radius 1 is 1.19 bits per heavy atom. The predicted octanol–water partition coefficient (Wildman–Crippen LogP) is 2.50. The Hall–Kier alpha value is -3.00. The molecule has 0 unspecified atom stereocenters. The number of hydrogen-bond acceptors (Lipinski definition) is 5. The van der Waals surface area contributed by atoms with Crippen LogP contribution in [0.15, 0.2) is 42.5 Å². The number of benzene rings is 2. The average molecular weight is 359 g/mol. The van der Waals surface area contributed by atoms with Crippen LogP contribution in [0, 0.1) is 15.9 Å². The summed E-state index contributed by atoms with van der Waals surface area (Å²) in [6.45, 7) is 1.78. The van der Waals surface area contributed by atoms with E-state index in [-0.39, 0.29) is 23.5 Å². The van der Waals surface area contributed by atoms with Gasteiger partial charge in [0.05, 0.1) is 23.7 Å². The molecule has 1 fully saturated rings. The van der Waals surface area contributed by atoms with Crippen molar-refractivity contribution in [2.75, 3.05) is 31.2 Å². The number of para-hydroxylation sites is 1. The SMILES string of the molecule is O=C(NCc1ccccc1F)c1cccc([N+](=O)[O-])c1N1CCOCC1. The van der Waals surface area contributed by atoms with E-state index >= 15 is 0 Å². The van der Waals surface area contributed by atoms with Crippen LogP contribution in [0.25, 0.3) is 0 Å². The topological polar surface area (TPSA) is 84.7 Å². The number of nitrogens with one attached hydrogen (secondary N) is 1. The van der Waals surface area contributed by atoms with Crippen LogP contribution in [-0.2, 0) is 11.3 Å². The molecule has 1 aliphatic rings. The van der Waals surface area contributed by atoms with Crippen molar-refractivity contribution in [1.82, 2.24) is 5.32 Å². The molecule has 0 atom stereocenters. The van der Waals surface area contributed by atoms with Crippen LogP contribution in [0.1, 0.15) is 15.9 Å². The third kappa shape index (κ3) is 3.80. The zero-order valence-corrected chi connectivity index (χ0v) is 14.0. The van der Waals surface area contributed by atoms with Crippen molar-refractivity contribution in [1.29, 1.82) is 0 Å². The van der Waals surface area contributed by atoms with Crippen molar-refractivity contribution < 1.29 is 18.8 Å². The fraction of sp³-hybridized carbons (Fsp3) is 0.278. The normalized spacial score (nSPS) is 14.1. The van der Waals surface area contributed by atoms with E-state index in [1.54, 1.807) is 23.1 Å². The van der Waals surface area contributed by atoms with Crippen molar-refractivity contribution in [3.63, 3.8) is 0 Å². The molecule has 0 aromatic heterocycles. The molecule has 0 bridgehead atoms. The van der Waals surface area contributed by atoms with Crippen molar-refractivity contribution in [2.45, 2.75) is 6.54 Å². The molecule has 2 aromatic carbocycles. The number of nitrogens with zero attached hydrogens (tertiary/aromatic N) is 2. The molecule has 1 N–H and O–H groups in total. The highest BCUT2D eigenvalue weighted by atomic mass is 19.1. The quantitative estimate of drug-likeness (QED) is 0.655. The monoisotopic (exact) mass is 359 g/mol. The number of ether oxygens (including phenoxy) is 1. The minimum Gasteiger partial charge on any atom is -0.378 e. The van der Waals surface area contributed by atoms with Gasteiger partial charge in [-0.1, -0.05) is 24.3 Å². The summed E-state index contributed by atoms with van der Waals surface area (Å²) in [6.07, 6.45) is 0. The highest BCUT2D eigenvalue weighted by Gasteiger charge is 2.27. The Labute approximate surface area is 149 Å². The van der Waals surface area contributed by atoms with Crippen LogP contribution in [0.5, 0.6) is 0 Å². The van der Waals surface area contributed by atoms with Crippen LogP contribution in [0.3, 0.4) is 0 Å². The van der Waals surface area contributed by atoms with E-state index in [1.165, 1.54) is 24.3 Å². The van der Waals surface area contributed by atoms with Crippen molar-refractivity contribution in [3.05, 3.63) is 69.5 Å². The Kier molecular flexibility index (Phi) is 5.43. The van der Waals surface area contributed by atoms with Gasteiger partial charge in [0, 0.05) is 31.3 Å². The molecule has 1 heterocycles. The highest BCUT2D eigenvalue weighted by molar-refractivity contribution is 6.02. The van der Waals surface area contributed by atoms with Crippen LogP contribution in [0.4, 0.5) is 15.8 Å². The zero-order chi connectivity index (χ0) is 18.5. The molecule has 0 radical (unpaired) electrons. The van der Waals surface area contributed by atoms with Gasteiger partial charge in [0.2, 0.25) is 0 Å². The Morgan fingerprint density at radius 2 is 1.92 bits per heavy atom. The molecule has 1 aliphatic heterocycles. The summed E-state index contributed by atoms with van der Waals surface area (Å²) in [5.74, 6) is -0.904. The summed E-state index contributed by atoms with van der Waals surface area (Å²) in [7, 11) is 0. The van der Waals surface area contributed by atoms with E-state index in [1.807, 2.05) is 0 Å². The fourth-order valence-corrected chi connectivity index (χ4v) is 2.89. The summed E-state index contributed by atoms with van der Waals surface area (Å²) in [6, 6.07) is 10.5. The molecule has 26 heavy (non-hydrogen) atoms. The van der Waals surface area contributed by atoms with Crippen molar-refractivity contribution in [3.8, 4) is 0 Å². The second-order valence-electron chi connectivity index (χ2n) is 5.80. The van der Waals surface area contributed by atoms with E-state index in [2.05, 4.69) is 5.32 Å². The van der Waals surface area contributed by atoms with Crippen LogP contribution < -0.4 is 10.2 Å². The zero-order valence-electron chi connectivity index (χ0n) is 14.0. The van der Waals surface area contributed by atoms with Gasteiger partial charge in [0.15, 0.2) is 0 Å². The minimum absolute atomic E-state index is 0.00322. The van der Waals surface area contributed by atoms with E-state index < -0.39 is 16.6 Å². The summed E-state index contributed by atoms with van der Waals surface area (Å²) in [5.41, 5.74) is 0.675. The molecule has 0 aliphatic carbocycles. The van der Waals surface area contributed by atoms with Gasteiger partial charge in [0.25, 0.3) is 11.6 Å². The van der Waals surface area contributed by atoms with Gasteiger partial charge in [-0.25, -0.2) is 4.39 Å². The van der Waals surface area contributed by atoms with Gasteiger partial charge < -0.3 is 15.0 Å². The van der Waals surface area contributed by atoms with Crippen molar-refractivity contribution >= 4 is 17.3 Å². The number of carbonyl (C=O) groups excluding carboxylic acids is 1. The number of nitro groups is 1. The lowest BCUT2D eigenvalue weighted by Crippen LogP contribution is -2.38. The van der Waals surface area contributed by atoms with Gasteiger partial charge in [-0.2, -0.15) is 0 Å². The second-order valence-corrected chi connectivity index (χ2v) is 5.80. The number of nitro benzene ring substituents is 1. The summed E-state index contributed by atoms with van der Waals surface area (Å²) < 4.78 is 19.0. The number of morpholine rings is 1. The first-order valence-corrected chi connectivity index (χ1v) is 8.19. The molecular formula is C18H18FN3O4. The Morgan fingerprint density at radius 3 is 2.62 bits per heavy atom. The lowest BCUT2D eigenvalue weighted by molar-refractivity contribution is -0.384. The summed E-state index contributed by atoms with van der Waals surface area (Å²) in [4.78, 5) is 25.4. The first-order valence-electron chi connectivity index (χ1n) is 8.19. The van der Waals surface area contributed by atoms with E-state index in [0.29, 0.717) is 31.9 Å². The first kappa shape index (κ1) is 17.8. The lowest BCUT2D eigenvalue weighted by Gasteiger charge is -2.29. The van der Waals surface area contributed by atoms with Crippen LogP contribution >= 0.6 is 0 Å². The molecule has 8 heteroatoms. The van der Waals surface area contributed by atoms with Gasteiger partial charge in [-0.3, -0.25) is 14.9 Å². The largest absolute Gasteiger partial charge is 0.378 e. The fourth-order valence-electron chi connectivity index (χ4n) is 2.89. The van der Waals surface area contributed by atoms with Gasteiger partial charge in [-0.05, 0) is 12.1 Å². The molecule has 0 spiro atoms. The minimum atomic E-state index is -0.502. The molecular weight excluding hydrogens is 341 g/mol. The number of carbonyl (C=O) groups is 1. The maximum absolute atomic E-state index is 13.7. The third-order valence-corrected chi connectivity index (χ3v) is 4.18. The summed E-state index contributed by atoms with van der Waals surface area (Å²) in [5, 5.41) is 14.1. The molecule has 0 saturated carbocycles. The van der Waals surface area contributed by atoms with Gasteiger partial charge in [-0.15, -0.1) is 0 Å². The first-order chi connectivity index (χ1) is 12.6. The summed E-state index contributed by atoms with van der Waals surface area (Å²) >= 11 is 0. The Bertz CT molecular complexity index is 822. The maximum atomic E-state index is 13.7. The number of amides is 1. The maximum Gasteiger partial charge on any atom is 0.293 e. The highest BCUT2D eigenvalue weighted by Crippen LogP contribution is 2.32. The number of halogens is 1. The predicted molar refractivity (Wildman–Crippen MR) is 93.7 cm³/mol.